The maximum atomic E-state index is 13.8. The molecular weight excluding hydrogens is 461 g/mol. The van der Waals surface area contributed by atoms with E-state index in [2.05, 4.69) is 20.5 Å². The third kappa shape index (κ3) is 5.79. The first-order chi connectivity index (χ1) is 16.3. The van der Waals surface area contributed by atoms with Gasteiger partial charge in [-0.3, -0.25) is 19.0 Å². The molecule has 9 nitrogen and oxygen atoms in total. The van der Waals surface area contributed by atoms with Gasteiger partial charge in [-0.15, -0.1) is 0 Å². The number of nitrogens with one attached hydrogen (secondary N) is 3. The molecule has 3 aromatic rings. The van der Waals surface area contributed by atoms with E-state index in [0.717, 1.165) is 31.7 Å². The average molecular weight is 486 g/mol. The Morgan fingerprint density at radius 1 is 1.06 bits per heavy atom. The molecule has 1 aliphatic rings. The molecule has 11 heteroatoms. The molecule has 0 saturated heterocycles. The quantitative estimate of drug-likeness (QED) is 0.453. The van der Waals surface area contributed by atoms with E-state index >= 15 is 0 Å². The van der Waals surface area contributed by atoms with Gasteiger partial charge in [0.25, 0.3) is 15.9 Å². The largest absolute Gasteiger partial charge is 0.352 e. The number of sulfonamides is 1. The van der Waals surface area contributed by atoms with Crippen LogP contribution in [0.15, 0.2) is 65.8 Å². The van der Waals surface area contributed by atoms with Crippen molar-refractivity contribution in [2.24, 2.45) is 0 Å². The second-order valence-electron chi connectivity index (χ2n) is 8.04. The van der Waals surface area contributed by atoms with Gasteiger partial charge in [-0.1, -0.05) is 25.0 Å². The highest BCUT2D eigenvalue weighted by molar-refractivity contribution is 7.92. The monoisotopic (exact) mass is 485 g/mol. The Kier molecular flexibility index (Phi) is 6.92. The van der Waals surface area contributed by atoms with E-state index in [0.29, 0.717) is 5.69 Å². The lowest BCUT2D eigenvalue weighted by atomic mass is 10.2. The van der Waals surface area contributed by atoms with Crippen molar-refractivity contribution < 1.29 is 22.4 Å². The zero-order valence-corrected chi connectivity index (χ0v) is 19.0. The topological polar surface area (TPSA) is 122 Å². The Morgan fingerprint density at radius 2 is 1.76 bits per heavy atom. The molecule has 2 amide bonds. The molecule has 0 bridgehead atoms. The normalized spacial score (nSPS) is 14.0. The second-order valence-corrected chi connectivity index (χ2v) is 9.72. The molecule has 1 fully saturated rings. The van der Waals surface area contributed by atoms with Gasteiger partial charge in [0.05, 0.1) is 22.5 Å². The summed E-state index contributed by atoms with van der Waals surface area (Å²) in [6.07, 6.45) is 7.20. The predicted octanol–water partition coefficient (Wildman–Crippen LogP) is 3.13. The van der Waals surface area contributed by atoms with Crippen LogP contribution in [0.4, 0.5) is 15.8 Å². The number of hydrogen-bond acceptors (Lipinski definition) is 5. The zero-order valence-electron chi connectivity index (χ0n) is 18.2. The van der Waals surface area contributed by atoms with E-state index in [9.17, 15) is 22.4 Å². The third-order valence-electron chi connectivity index (χ3n) is 5.46. The van der Waals surface area contributed by atoms with Crippen LogP contribution in [-0.4, -0.2) is 36.1 Å². The number of anilines is 2. The Hall–Kier alpha value is -3.73. The summed E-state index contributed by atoms with van der Waals surface area (Å²) in [6, 6.07) is 10.9. The summed E-state index contributed by atoms with van der Waals surface area (Å²) >= 11 is 0. The number of aromatic nitrogens is 2. The van der Waals surface area contributed by atoms with Crippen LogP contribution in [0.1, 0.15) is 36.0 Å². The van der Waals surface area contributed by atoms with Crippen molar-refractivity contribution in [3.05, 3.63) is 72.3 Å². The Balaban J connectivity index is 1.35. The average Bonchev–Trinajstić information content (AvgIpc) is 3.47. The number of amides is 2. The third-order valence-corrected chi connectivity index (χ3v) is 6.84. The smallest absolute Gasteiger partial charge is 0.261 e. The standard InChI is InChI=1S/C23H24FN5O4S/c24-20-7-3-4-8-21(20)28-34(32,33)19-11-9-16(10-12-19)23(31)27-18-13-25-29(14-18)15-22(30)26-17-5-1-2-6-17/h3-4,7-14,17,28H,1-2,5-6,15H2,(H,26,30)(H,27,31). The fourth-order valence-electron chi connectivity index (χ4n) is 3.74. The molecule has 0 aliphatic heterocycles. The Bertz CT molecular complexity index is 1280. The molecule has 0 spiro atoms. The number of halogens is 1. The minimum atomic E-state index is -4.03. The van der Waals surface area contributed by atoms with Crippen molar-refractivity contribution in [3.8, 4) is 0 Å². The maximum absolute atomic E-state index is 13.8. The fraction of sp³-hybridized carbons (Fsp3) is 0.261. The first-order valence-electron chi connectivity index (χ1n) is 10.8. The van der Waals surface area contributed by atoms with Gasteiger partial charge in [0.2, 0.25) is 5.91 Å². The van der Waals surface area contributed by atoms with Gasteiger partial charge in [-0.25, -0.2) is 12.8 Å². The highest BCUT2D eigenvalue weighted by atomic mass is 32.2. The summed E-state index contributed by atoms with van der Waals surface area (Å²) in [7, 11) is -4.03. The van der Waals surface area contributed by atoms with Gasteiger partial charge < -0.3 is 10.6 Å². The zero-order chi connectivity index (χ0) is 24.1. The molecule has 1 aliphatic carbocycles. The van der Waals surface area contributed by atoms with E-state index in [1.807, 2.05) is 0 Å². The van der Waals surface area contributed by atoms with Crippen LogP contribution in [-0.2, 0) is 21.4 Å². The van der Waals surface area contributed by atoms with E-state index in [-0.39, 0.29) is 34.6 Å². The molecule has 1 heterocycles. The van der Waals surface area contributed by atoms with Crippen molar-refractivity contribution in [1.29, 1.82) is 0 Å². The molecule has 34 heavy (non-hydrogen) atoms. The van der Waals surface area contributed by atoms with Crippen LogP contribution in [0.5, 0.6) is 0 Å². The SMILES string of the molecule is O=C(Cn1cc(NC(=O)c2ccc(S(=O)(=O)Nc3ccccc3F)cc2)cn1)NC1CCCC1. The predicted molar refractivity (Wildman–Crippen MR) is 124 cm³/mol. The Morgan fingerprint density at radius 3 is 2.47 bits per heavy atom. The summed E-state index contributed by atoms with van der Waals surface area (Å²) in [5.41, 5.74) is 0.450. The van der Waals surface area contributed by atoms with Crippen molar-refractivity contribution >= 4 is 33.2 Å². The van der Waals surface area contributed by atoms with Crippen molar-refractivity contribution in [1.82, 2.24) is 15.1 Å². The molecule has 0 radical (unpaired) electrons. The number of benzene rings is 2. The molecule has 1 saturated carbocycles. The molecular formula is C23H24FN5O4S. The highest BCUT2D eigenvalue weighted by Crippen LogP contribution is 2.20. The second kappa shape index (κ2) is 10.0. The number of carbonyl (C=O) groups excluding carboxylic acids is 2. The van der Waals surface area contributed by atoms with Crippen molar-refractivity contribution in [3.63, 3.8) is 0 Å². The van der Waals surface area contributed by atoms with E-state index in [1.165, 1.54) is 53.3 Å². The van der Waals surface area contributed by atoms with E-state index in [1.54, 1.807) is 6.20 Å². The number of hydrogen-bond donors (Lipinski definition) is 3. The van der Waals surface area contributed by atoms with Gasteiger partial charge in [0.15, 0.2) is 0 Å². The van der Waals surface area contributed by atoms with Gasteiger partial charge >= 0.3 is 0 Å². The summed E-state index contributed by atoms with van der Waals surface area (Å²) < 4.78 is 42.4. The van der Waals surface area contributed by atoms with Gasteiger partial charge in [0, 0.05) is 17.8 Å². The van der Waals surface area contributed by atoms with Gasteiger partial charge in [-0.05, 0) is 49.2 Å². The van der Waals surface area contributed by atoms with Gasteiger partial charge in [0.1, 0.15) is 12.4 Å². The first-order valence-corrected chi connectivity index (χ1v) is 12.3. The molecule has 178 valence electrons. The highest BCUT2D eigenvalue weighted by Gasteiger charge is 2.19. The van der Waals surface area contributed by atoms with Crippen LogP contribution in [0, 0.1) is 5.82 Å². The minimum Gasteiger partial charge on any atom is -0.352 e. The van der Waals surface area contributed by atoms with E-state index < -0.39 is 21.7 Å². The fourth-order valence-corrected chi connectivity index (χ4v) is 4.81. The van der Waals surface area contributed by atoms with Crippen LogP contribution in [0.2, 0.25) is 0 Å². The Labute approximate surface area is 196 Å². The van der Waals surface area contributed by atoms with Crippen LogP contribution in [0.25, 0.3) is 0 Å². The molecule has 0 atom stereocenters. The van der Waals surface area contributed by atoms with Crippen LogP contribution < -0.4 is 15.4 Å². The molecule has 2 aromatic carbocycles. The molecule has 3 N–H and O–H groups in total. The van der Waals surface area contributed by atoms with E-state index in [4.69, 9.17) is 0 Å². The van der Waals surface area contributed by atoms with Crippen LogP contribution in [0.3, 0.4) is 0 Å². The molecule has 0 unspecified atom stereocenters. The molecule has 4 rings (SSSR count). The summed E-state index contributed by atoms with van der Waals surface area (Å²) in [4.78, 5) is 24.5. The lowest BCUT2D eigenvalue weighted by Crippen LogP contribution is -2.35. The lowest BCUT2D eigenvalue weighted by Gasteiger charge is -2.11. The van der Waals surface area contributed by atoms with Crippen molar-refractivity contribution in [2.75, 3.05) is 10.0 Å². The first kappa shape index (κ1) is 23.4. The van der Waals surface area contributed by atoms with Crippen LogP contribution >= 0.6 is 0 Å². The summed E-state index contributed by atoms with van der Waals surface area (Å²) in [6.45, 7) is 0.0495. The lowest BCUT2D eigenvalue weighted by molar-refractivity contribution is -0.122. The summed E-state index contributed by atoms with van der Waals surface area (Å²) in [5, 5.41) is 9.73. The van der Waals surface area contributed by atoms with Crippen molar-refractivity contribution in [2.45, 2.75) is 43.2 Å². The summed E-state index contributed by atoms with van der Waals surface area (Å²) in [5.74, 6) is -1.30. The molecule has 1 aromatic heterocycles. The van der Waals surface area contributed by atoms with Gasteiger partial charge in [-0.2, -0.15) is 5.10 Å². The number of carbonyl (C=O) groups is 2. The number of para-hydroxylation sites is 1. The minimum absolute atomic E-state index is 0.0495. The maximum Gasteiger partial charge on any atom is 0.261 e. The number of rotatable bonds is 8. The number of nitrogens with zero attached hydrogens (tertiary/aromatic N) is 2.